The summed E-state index contributed by atoms with van der Waals surface area (Å²) in [4.78, 5) is 0. The second kappa shape index (κ2) is 6.42. The van der Waals surface area contributed by atoms with Gasteiger partial charge in [0.25, 0.3) is 0 Å². The number of rotatable bonds is 7. The van der Waals surface area contributed by atoms with E-state index in [-0.39, 0.29) is 0 Å². The summed E-state index contributed by atoms with van der Waals surface area (Å²) >= 11 is 0. The fourth-order valence-corrected chi connectivity index (χ4v) is 2.90. The van der Waals surface area contributed by atoms with Gasteiger partial charge in [-0.15, -0.1) is 0 Å². The Bertz CT molecular complexity index is 412. The van der Waals surface area contributed by atoms with Gasteiger partial charge in [-0.3, -0.25) is 0 Å². The van der Waals surface area contributed by atoms with Crippen molar-refractivity contribution >= 4 is 0 Å². The first-order valence-corrected chi connectivity index (χ1v) is 7.55. The van der Waals surface area contributed by atoms with Crippen molar-refractivity contribution in [3.8, 4) is 5.75 Å². The van der Waals surface area contributed by atoms with Crippen LogP contribution in [0.3, 0.4) is 0 Å². The van der Waals surface area contributed by atoms with Gasteiger partial charge in [-0.1, -0.05) is 19.9 Å². The third-order valence-corrected chi connectivity index (χ3v) is 4.32. The molecule has 0 aromatic heterocycles. The molecule has 1 fully saturated rings. The summed E-state index contributed by atoms with van der Waals surface area (Å²) in [6.07, 6.45) is 3.99. The lowest BCUT2D eigenvalue weighted by atomic mass is 9.88. The Balaban J connectivity index is 2.20. The van der Waals surface area contributed by atoms with Crippen LogP contribution >= 0.6 is 0 Å². The van der Waals surface area contributed by atoms with E-state index in [1.54, 1.807) is 7.11 Å². The summed E-state index contributed by atoms with van der Waals surface area (Å²) in [7, 11) is 1.73. The highest BCUT2D eigenvalue weighted by molar-refractivity contribution is 5.37. The van der Waals surface area contributed by atoms with E-state index in [2.05, 4.69) is 44.3 Å². The van der Waals surface area contributed by atoms with Crippen LogP contribution in [0, 0.1) is 18.8 Å². The minimum Gasteiger partial charge on any atom is -0.497 e. The van der Waals surface area contributed by atoms with E-state index in [4.69, 9.17) is 4.74 Å². The van der Waals surface area contributed by atoms with Crippen LogP contribution in [0.5, 0.6) is 5.75 Å². The molecule has 106 valence electrons. The topological polar surface area (TPSA) is 21.3 Å². The Morgan fingerprint density at radius 1 is 1.37 bits per heavy atom. The number of benzene rings is 1. The Morgan fingerprint density at radius 2 is 2.11 bits per heavy atom. The largest absolute Gasteiger partial charge is 0.497 e. The van der Waals surface area contributed by atoms with Crippen molar-refractivity contribution in [2.45, 2.75) is 46.1 Å². The first-order valence-electron chi connectivity index (χ1n) is 7.55. The van der Waals surface area contributed by atoms with E-state index in [9.17, 15) is 0 Å². The molecule has 0 aliphatic heterocycles. The van der Waals surface area contributed by atoms with Gasteiger partial charge in [0.05, 0.1) is 7.11 Å². The Hall–Kier alpha value is -1.02. The van der Waals surface area contributed by atoms with Crippen LogP contribution < -0.4 is 10.1 Å². The molecule has 2 heteroatoms. The van der Waals surface area contributed by atoms with Crippen LogP contribution in [0.4, 0.5) is 0 Å². The molecule has 1 N–H and O–H groups in total. The highest BCUT2D eigenvalue weighted by Gasteiger charge is 2.34. The van der Waals surface area contributed by atoms with E-state index in [0.29, 0.717) is 6.04 Å². The van der Waals surface area contributed by atoms with Crippen molar-refractivity contribution in [2.24, 2.45) is 11.8 Å². The zero-order chi connectivity index (χ0) is 13.8. The maximum Gasteiger partial charge on any atom is 0.119 e. The van der Waals surface area contributed by atoms with E-state index in [1.807, 2.05) is 0 Å². The average Bonchev–Trinajstić information content (AvgIpc) is 3.24. The molecular formula is C17H27NO. The third kappa shape index (κ3) is 3.50. The molecule has 1 aliphatic rings. The number of hydrogen-bond acceptors (Lipinski definition) is 2. The molecule has 0 heterocycles. The molecule has 0 radical (unpaired) electrons. The fraction of sp³-hybridized carbons (Fsp3) is 0.647. The zero-order valence-corrected chi connectivity index (χ0v) is 12.7. The lowest BCUT2D eigenvalue weighted by Crippen LogP contribution is -2.29. The summed E-state index contributed by atoms with van der Waals surface area (Å²) in [5.41, 5.74) is 2.77. The van der Waals surface area contributed by atoms with Gasteiger partial charge in [-0.25, -0.2) is 0 Å². The van der Waals surface area contributed by atoms with Crippen LogP contribution in [0.25, 0.3) is 0 Å². The smallest absolute Gasteiger partial charge is 0.119 e. The zero-order valence-electron chi connectivity index (χ0n) is 12.7. The minimum absolute atomic E-state index is 0.485. The number of ether oxygens (including phenoxy) is 1. The van der Waals surface area contributed by atoms with Crippen LogP contribution in [-0.4, -0.2) is 13.7 Å². The van der Waals surface area contributed by atoms with Crippen LogP contribution in [0.1, 0.15) is 50.3 Å². The Kier molecular flexibility index (Phi) is 4.87. The van der Waals surface area contributed by atoms with Crippen molar-refractivity contribution < 1.29 is 4.74 Å². The number of nitrogens with one attached hydrogen (secondary N) is 1. The minimum atomic E-state index is 0.485. The Labute approximate surface area is 117 Å². The molecule has 0 bridgehead atoms. The molecule has 2 unspecified atom stereocenters. The van der Waals surface area contributed by atoms with Gasteiger partial charge in [-0.05, 0) is 67.8 Å². The standard InChI is InChI=1S/C17H27NO/c1-5-10-18-17(13(3)14-6-7-14)16-9-8-15(19-4)11-12(16)2/h8-9,11,13-14,17-18H,5-7,10H2,1-4H3. The lowest BCUT2D eigenvalue weighted by Gasteiger charge is -2.27. The summed E-state index contributed by atoms with van der Waals surface area (Å²) in [5, 5.41) is 3.74. The van der Waals surface area contributed by atoms with Crippen molar-refractivity contribution in [1.82, 2.24) is 5.32 Å². The van der Waals surface area contributed by atoms with Crippen molar-refractivity contribution in [3.63, 3.8) is 0 Å². The van der Waals surface area contributed by atoms with E-state index in [1.165, 1.54) is 30.4 Å². The normalized spacial score (nSPS) is 18.1. The van der Waals surface area contributed by atoms with Crippen molar-refractivity contribution in [2.75, 3.05) is 13.7 Å². The van der Waals surface area contributed by atoms with Gasteiger partial charge >= 0.3 is 0 Å². The summed E-state index contributed by atoms with van der Waals surface area (Å²) in [6.45, 7) is 7.91. The van der Waals surface area contributed by atoms with E-state index in [0.717, 1.165) is 24.1 Å². The molecule has 19 heavy (non-hydrogen) atoms. The predicted molar refractivity (Wildman–Crippen MR) is 80.7 cm³/mol. The molecule has 1 saturated carbocycles. The maximum atomic E-state index is 5.31. The van der Waals surface area contributed by atoms with Gasteiger partial charge in [0.2, 0.25) is 0 Å². The predicted octanol–water partition coefficient (Wildman–Crippen LogP) is 4.09. The molecule has 1 aliphatic carbocycles. The quantitative estimate of drug-likeness (QED) is 0.798. The van der Waals surface area contributed by atoms with Crippen molar-refractivity contribution in [1.29, 1.82) is 0 Å². The Morgan fingerprint density at radius 3 is 2.63 bits per heavy atom. The first kappa shape index (κ1) is 14.4. The number of aryl methyl sites for hydroxylation is 1. The third-order valence-electron chi connectivity index (χ3n) is 4.32. The lowest BCUT2D eigenvalue weighted by molar-refractivity contribution is 0.348. The number of hydrogen-bond donors (Lipinski definition) is 1. The molecule has 2 atom stereocenters. The van der Waals surface area contributed by atoms with Crippen LogP contribution in [0.2, 0.25) is 0 Å². The number of methoxy groups -OCH3 is 1. The van der Waals surface area contributed by atoms with Crippen molar-refractivity contribution in [3.05, 3.63) is 29.3 Å². The summed E-state index contributed by atoms with van der Waals surface area (Å²) in [5.74, 6) is 2.59. The molecule has 0 spiro atoms. The molecule has 2 nitrogen and oxygen atoms in total. The monoisotopic (exact) mass is 261 g/mol. The second-order valence-electron chi connectivity index (χ2n) is 5.85. The first-order chi connectivity index (χ1) is 9.17. The summed E-state index contributed by atoms with van der Waals surface area (Å²) < 4.78 is 5.31. The van der Waals surface area contributed by atoms with Gasteiger partial charge < -0.3 is 10.1 Å². The van der Waals surface area contributed by atoms with E-state index < -0.39 is 0 Å². The second-order valence-corrected chi connectivity index (χ2v) is 5.85. The molecule has 0 amide bonds. The molecule has 2 rings (SSSR count). The SMILES string of the molecule is CCCNC(c1ccc(OC)cc1C)C(C)C1CC1. The molecule has 1 aromatic carbocycles. The van der Waals surface area contributed by atoms with E-state index >= 15 is 0 Å². The van der Waals surface area contributed by atoms with Gasteiger partial charge in [-0.2, -0.15) is 0 Å². The van der Waals surface area contributed by atoms with Crippen LogP contribution in [0.15, 0.2) is 18.2 Å². The maximum absolute atomic E-state index is 5.31. The molecule has 1 aromatic rings. The molecule has 0 saturated heterocycles. The highest BCUT2D eigenvalue weighted by atomic mass is 16.5. The highest BCUT2D eigenvalue weighted by Crippen LogP contribution is 2.43. The average molecular weight is 261 g/mol. The van der Waals surface area contributed by atoms with Gasteiger partial charge in [0, 0.05) is 6.04 Å². The summed E-state index contributed by atoms with van der Waals surface area (Å²) in [6, 6.07) is 6.96. The molecular weight excluding hydrogens is 234 g/mol. The van der Waals surface area contributed by atoms with Crippen LogP contribution in [-0.2, 0) is 0 Å². The van der Waals surface area contributed by atoms with Gasteiger partial charge in [0.15, 0.2) is 0 Å². The fourth-order valence-electron chi connectivity index (χ4n) is 2.90. The van der Waals surface area contributed by atoms with Gasteiger partial charge in [0.1, 0.15) is 5.75 Å².